The monoisotopic (exact) mass is 893 g/mol. The number of hydrogen-bond acceptors (Lipinski definition) is 9. The summed E-state index contributed by atoms with van der Waals surface area (Å²) in [5.41, 5.74) is 1.07. The van der Waals surface area contributed by atoms with Gasteiger partial charge in [0.2, 0.25) is 0 Å². The van der Waals surface area contributed by atoms with Crippen molar-refractivity contribution >= 4 is 19.9 Å². The van der Waals surface area contributed by atoms with Crippen molar-refractivity contribution < 1.29 is 41.2 Å². The van der Waals surface area contributed by atoms with Gasteiger partial charge in [0.25, 0.3) is 0 Å². The van der Waals surface area contributed by atoms with Gasteiger partial charge >= 0.3 is 26.5 Å². The van der Waals surface area contributed by atoms with Crippen molar-refractivity contribution in [1.29, 1.82) is 0 Å². The van der Waals surface area contributed by atoms with E-state index in [2.05, 4.69) is 45.6 Å². The number of rotatable bonds is 9. The summed E-state index contributed by atoms with van der Waals surface area (Å²) in [7, 11) is -0.781. The zero-order valence-corrected chi connectivity index (χ0v) is 37.3. The number of alkyl halides is 6. The van der Waals surface area contributed by atoms with E-state index in [-0.39, 0.29) is 32.1 Å². The van der Waals surface area contributed by atoms with Crippen LogP contribution in [0.1, 0.15) is 114 Å². The van der Waals surface area contributed by atoms with Gasteiger partial charge in [-0.3, -0.25) is 19.5 Å². The van der Waals surface area contributed by atoms with Crippen molar-refractivity contribution in [1.82, 2.24) is 29.6 Å². The van der Waals surface area contributed by atoms with Crippen LogP contribution in [0.15, 0.2) is 48.5 Å². The van der Waals surface area contributed by atoms with Crippen molar-refractivity contribution in [2.75, 3.05) is 65.4 Å². The zero-order chi connectivity index (χ0) is 45.0. The Hall–Kier alpha value is -2.50. The van der Waals surface area contributed by atoms with Gasteiger partial charge in [0.05, 0.1) is 11.1 Å². The molecule has 352 valence electrons. The maximum Gasteiger partial charge on any atom is 0.416 e. The number of piperidine rings is 2. The number of carbonyl (C=O) groups excluding carboxylic acids is 1. The van der Waals surface area contributed by atoms with Crippen LogP contribution in [-0.2, 0) is 17.1 Å². The predicted octanol–water partition coefficient (Wildman–Crippen LogP) is 7.98. The van der Waals surface area contributed by atoms with E-state index in [1.54, 1.807) is 31.1 Å². The summed E-state index contributed by atoms with van der Waals surface area (Å²) in [5.74, 6) is 1.47. The molecule has 2 aromatic carbocycles. The first-order valence-corrected chi connectivity index (χ1v) is 22.9. The molecule has 17 heteroatoms. The first-order chi connectivity index (χ1) is 29.2. The van der Waals surface area contributed by atoms with Crippen LogP contribution in [0, 0.1) is 11.8 Å². The second kappa shape index (κ2) is 21.9. The van der Waals surface area contributed by atoms with E-state index >= 15 is 0 Å². The van der Waals surface area contributed by atoms with E-state index in [1.807, 2.05) is 11.6 Å². The molecule has 2 aliphatic carbocycles. The highest BCUT2D eigenvalue weighted by atomic mass is 19.4. The molecule has 2 saturated carbocycles. The number of Topliss-reactive ketones (excluding diaryl/α,β-unsaturated/α-hetero) is 1. The Morgan fingerprint density at radius 3 is 1.48 bits per heavy atom. The highest BCUT2D eigenvalue weighted by Crippen LogP contribution is 2.48. The van der Waals surface area contributed by atoms with E-state index < -0.39 is 30.5 Å². The van der Waals surface area contributed by atoms with Crippen LogP contribution in [0.4, 0.5) is 26.3 Å². The summed E-state index contributed by atoms with van der Waals surface area (Å²) in [4.78, 5) is 22.4. The number of benzene rings is 2. The molecular weight excluding hydrogens is 820 g/mol. The molecule has 0 amide bonds. The molecule has 2 aromatic rings. The number of nitrogens with one attached hydrogen (secondary N) is 1. The molecule has 0 radical (unpaired) electrons. The Labute approximate surface area is 373 Å². The van der Waals surface area contributed by atoms with Gasteiger partial charge < -0.3 is 25.0 Å². The Kier molecular flexibility index (Phi) is 17.9. The Balaban J connectivity index is 0.000000201. The molecule has 4 aliphatic heterocycles. The summed E-state index contributed by atoms with van der Waals surface area (Å²) in [5, 5.41) is 22.3. The lowest BCUT2D eigenvalue weighted by Crippen LogP contribution is -2.62. The average molecular weight is 893 g/mol. The van der Waals surface area contributed by atoms with Gasteiger partial charge in [0, 0.05) is 81.8 Å². The first-order valence-electron chi connectivity index (χ1n) is 22.9. The predicted molar refractivity (Wildman–Crippen MR) is 240 cm³/mol. The Morgan fingerprint density at radius 2 is 1.10 bits per heavy atom. The third kappa shape index (κ3) is 13.8. The molecule has 6 aliphatic rings. The van der Waals surface area contributed by atoms with Gasteiger partial charge in [-0.05, 0) is 146 Å². The van der Waals surface area contributed by atoms with Crippen molar-refractivity contribution in [3.8, 4) is 0 Å². The lowest BCUT2D eigenvalue weighted by atomic mass is 9.78. The van der Waals surface area contributed by atoms with Crippen LogP contribution < -0.4 is 5.32 Å². The minimum absolute atomic E-state index is 0. The zero-order valence-electron chi connectivity index (χ0n) is 37.3. The standard InChI is InChI=1S/C23H35BF3N3O.C16H21F3N2.C6H12BNO2.CH4/c1-17-16-28(22(2)10-12-29(13-11-22)24(3)31)14-15-30(17)21(18-4-5-18)19-6-8-20(9-7-19)23(25,26)27;1-11-10-20-8-9-21(11)15(12-2-3-12)13-4-6-14(7-5-13)16(17,18)19;1-7(10)8-4-2-6(9)3-5-8;/h6-9,17-18,21,31H,4-5,10-16H2,1-3H3;4-7,11-12,15,20H,2-3,8-10H2,1H3;10H,2-5H2,1H3;1H4/t17-,21?;11-,15?;;/m00../s1. The minimum atomic E-state index is -4.29. The summed E-state index contributed by atoms with van der Waals surface area (Å²) < 4.78 is 77.1. The average Bonchev–Trinajstić information content (AvgIpc) is 4.17. The molecule has 9 nitrogen and oxygen atoms in total. The third-order valence-corrected chi connectivity index (χ3v) is 14.3. The Bertz CT molecular complexity index is 1710. The molecule has 3 N–H and O–H groups in total. The first kappa shape index (κ1) is 51.5. The molecule has 4 saturated heterocycles. The Morgan fingerprint density at radius 1 is 0.667 bits per heavy atom. The molecule has 4 heterocycles. The third-order valence-electron chi connectivity index (χ3n) is 14.3. The minimum Gasteiger partial charge on any atom is -0.437 e. The van der Waals surface area contributed by atoms with E-state index in [0.717, 1.165) is 102 Å². The summed E-state index contributed by atoms with van der Waals surface area (Å²) in [6.07, 6.45) is -0.552. The lowest BCUT2D eigenvalue weighted by Gasteiger charge is -2.53. The SMILES string of the molecule is C.CB(O)N1CCC(=O)CC1.CB(O)N1CCC(C)(N2CCN(C(c3ccc(C(F)(F)F)cc3)C3CC3)[C@@H](C)C2)CC1.C[C@H]1CNCCN1C(c1ccc(C(F)(F)F)cc1)C1CC1. The van der Waals surface area contributed by atoms with Gasteiger partial charge in [-0.15, -0.1) is 0 Å². The number of carbonyl (C=O) groups is 1. The summed E-state index contributed by atoms with van der Waals surface area (Å²) >= 11 is 0. The van der Waals surface area contributed by atoms with Gasteiger partial charge in [-0.1, -0.05) is 31.7 Å². The number of halogens is 6. The molecule has 0 bridgehead atoms. The van der Waals surface area contributed by atoms with Crippen molar-refractivity contribution in [3.63, 3.8) is 0 Å². The van der Waals surface area contributed by atoms with Gasteiger partial charge in [0.1, 0.15) is 5.78 Å². The lowest BCUT2D eigenvalue weighted by molar-refractivity contribution is -0.138. The molecule has 2 unspecified atom stereocenters. The fraction of sp³-hybridized carbons (Fsp3) is 0.717. The van der Waals surface area contributed by atoms with Crippen LogP contribution >= 0.6 is 0 Å². The number of piperazine rings is 2. The second-order valence-corrected chi connectivity index (χ2v) is 19.0. The summed E-state index contributed by atoms with van der Waals surface area (Å²) in [6, 6.07) is 12.9. The van der Waals surface area contributed by atoms with Crippen molar-refractivity contribution in [3.05, 3.63) is 70.8 Å². The molecule has 4 atom stereocenters. The van der Waals surface area contributed by atoms with Crippen LogP contribution in [0.2, 0.25) is 13.6 Å². The number of ketones is 1. The molecule has 63 heavy (non-hydrogen) atoms. The molecular formula is C46H72B2F6N6O3. The molecule has 8 rings (SSSR count). The number of nitrogens with zero attached hydrogens (tertiary/aromatic N) is 5. The van der Waals surface area contributed by atoms with Crippen LogP contribution in [0.3, 0.4) is 0 Å². The number of hydrogen-bond donors (Lipinski definition) is 3. The normalized spacial score (nSPS) is 25.4. The smallest absolute Gasteiger partial charge is 0.416 e. The maximum atomic E-state index is 13.0. The largest absolute Gasteiger partial charge is 0.437 e. The second-order valence-electron chi connectivity index (χ2n) is 19.0. The van der Waals surface area contributed by atoms with Gasteiger partial charge in [-0.2, -0.15) is 26.3 Å². The van der Waals surface area contributed by atoms with Crippen LogP contribution in [-0.4, -0.2) is 137 Å². The fourth-order valence-electron chi connectivity index (χ4n) is 10.0. The molecule has 0 aromatic heterocycles. The fourth-order valence-corrected chi connectivity index (χ4v) is 10.0. The topological polar surface area (TPSA) is 85.8 Å². The van der Waals surface area contributed by atoms with E-state index in [9.17, 15) is 36.2 Å². The molecule has 6 fully saturated rings. The summed E-state index contributed by atoms with van der Waals surface area (Å²) in [6.45, 7) is 19.4. The van der Waals surface area contributed by atoms with Crippen LogP contribution in [0.5, 0.6) is 0 Å². The van der Waals surface area contributed by atoms with E-state index in [1.165, 1.54) is 37.1 Å². The molecule has 0 spiro atoms. The van der Waals surface area contributed by atoms with Gasteiger partial charge in [-0.25, -0.2) is 0 Å². The van der Waals surface area contributed by atoms with E-state index in [4.69, 9.17) is 5.02 Å². The van der Waals surface area contributed by atoms with E-state index in [0.29, 0.717) is 42.5 Å². The quantitative estimate of drug-likeness (QED) is 0.172. The maximum absolute atomic E-state index is 13.0. The highest BCUT2D eigenvalue weighted by molar-refractivity contribution is 6.45. The van der Waals surface area contributed by atoms with Crippen molar-refractivity contribution in [2.24, 2.45) is 11.8 Å². The van der Waals surface area contributed by atoms with Gasteiger partial charge in [0.15, 0.2) is 0 Å². The highest BCUT2D eigenvalue weighted by Gasteiger charge is 2.45. The van der Waals surface area contributed by atoms with Crippen LogP contribution in [0.25, 0.3) is 0 Å². The van der Waals surface area contributed by atoms with Crippen molar-refractivity contribution in [2.45, 2.75) is 135 Å².